The van der Waals surface area contributed by atoms with Crippen molar-refractivity contribution in [3.63, 3.8) is 0 Å². The molecule has 0 bridgehead atoms. The highest BCUT2D eigenvalue weighted by molar-refractivity contribution is 9.10. The zero-order valence-electron chi connectivity index (χ0n) is 7.09. The number of hydrogen-bond acceptors (Lipinski definition) is 2. The molecule has 1 fully saturated rings. The summed E-state index contributed by atoms with van der Waals surface area (Å²) in [7, 11) is 0. The fourth-order valence-electron chi connectivity index (χ4n) is 1.35. The second kappa shape index (κ2) is 3.60. The van der Waals surface area contributed by atoms with Gasteiger partial charge in [-0.15, -0.1) is 0 Å². The average Bonchev–Trinajstić information content (AvgIpc) is 2.01. The monoisotopic (exact) mass is 239 g/mol. The van der Waals surface area contributed by atoms with Crippen LogP contribution < -0.4 is 5.32 Å². The number of carbonyl (C=O) groups is 1. The number of nitrogens with one attached hydrogen (secondary N) is 1. The van der Waals surface area contributed by atoms with Crippen LogP contribution in [-0.2, 0) is 0 Å². The number of halogens is 1. The smallest absolute Gasteiger partial charge is 0.168 e. The molecule has 1 N–H and O–H groups in total. The van der Waals surface area contributed by atoms with E-state index >= 15 is 0 Å². The van der Waals surface area contributed by atoms with Gasteiger partial charge in [-0.25, -0.2) is 0 Å². The van der Waals surface area contributed by atoms with Crippen LogP contribution in [-0.4, -0.2) is 18.9 Å². The fraction of sp³-hybridized carbons (Fsp3) is 0.300. The van der Waals surface area contributed by atoms with Gasteiger partial charge in [-0.1, -0.05) is 28.1 Å². The maximum Gasteiger partial charge on any atom is 0.168 e. The molecule has 2 nitrogen and oxygen atoms in total. The molecule has 0 atom stereocenters. The molecule has 1 aliphatic heterocycles. The Bertz CT molecular complexity index is 333. The van der Waals surface area contributed by atoms with Crippen LogP contribution >= 0.6 is 15.9 Å². The number of carbonyl (C=O) groups excluding carboxylic acids is 1. The van der Waals surface area contributed by atoms with Crippen molar-refractivity contribution in [2.45, 2.75) is 0 Å². The number of rotatable bonds is 2. The Morgan fingerprint density at radius 2 is 2.23 bits per heavy atom. The maximum absolute atomic E-state index is 11.7. The van der Waals surface area contributed by atoms with Crippen molar-refractivity contribution in [1.82, 2.24) is 5.32 Å². The van der Waals surface area contributed by atoms with Gasteiger partial charge in [-0.3, -0.25) is 4.79 Å². The highest BCUT2D eigenvalue weighted by Gasteiger charge is 2.25. The average molecular weight is 240 g/mol. The van der Waals surface area contributed by atoms with Crippen molar-refractivity contribution < 1.29 is 4.79 Å². The third kappa shape index (κ3) is 1.81. The largest absolute Gasteiger partial charge is 0.315 e. The molecule has 13 heavy (non-hydrogen) atoms. The Balaban J connectivity index is 2.19. The van der Waals surface area contributed by atoms with Crippen LogP contribution in [0.4, 0.5) is 0 Å². The van der Waals surface area contributed by atoms with Crippen molar-refractivity contribution in [3.05, 3.63) is 34.3 Å². The lowest BCUT2D eigenvalue weighted by molar-refractivity contribution is 0.0878. The van der Waals surface area contributed by atoms with Gasteiger partial charge in [0.05, 0.1) is 0 Å². The second-order valence-corrected chi connectivity index (χ2v) is 4.15. The molecule has 2 rings (SSSR count). The lowest BCUT2D eigenvalue weighted by Crippen LogP contribution is -2.46. The predicted octanol–water partition coefficient (Wildman–Crippen LogP) is 1.85. The van der Waals surface area contributed by atoms with Crippen molar-refractivity contribution >= 4 is 21.7 Å². The summed E-state index contributed by atoms with van der Waals surface area (Å²) in [4.78, 5) is 11.7. The summed E-state index contributed by atoms with van der Waals surface area (Å²) in [6.45, 7) is 1.65. The Morgan fingerprint density at radius 1 is 1.46 bits per heavy atom. The molecule has 0 unspecified atom stereocenters. The SMILES string of the molecule is O=C(c1cccc(Br)c1)C1CNC1. The van der Waals surface area contributed by atoms with E-state index in [-0.39, 0.29) is 11.7 Å². The third-order valence-corrected chi connectivity index (χ3v) is 2.75. The minimum atomic E-state index is 0.189. The second-order valence-electron chi connectivity index (χ2n) is 3.23. The highest BCUT2D eigenvalue weighted by Crippen LogP contribution is 2.16. The van der Waals surface area contributed by atoms with E-state index in [1.54, 1.807) is 0 Å². The molecule has 0 saturated carbocycles. The fourth-order valence-corrected chi connectivity index (χ4v) is 1.75. The third-order valence-electron chi connectivity index (χ3n) is 2.26. The molecule has 68 valence electrons. The van der Waals surface area contributed by atoms with Gasteiger partial charge in [0.25, 0.3) is 0 Å². The van der Waals surface area contributed by atoms with Crippen LogP contribution in [0.3, 0.4) is 0 Å². The molecule has 1 aliphatic rings. The van der Waals surface area contributed by atoms with Crippen LogP contribution in [0, 0.1) is 5.92 Å². The topological polar surface area (TPSA) is 29.1 Å². The molecule has 1 aromatic carbocycles. The van der Waals surface area contributed by atoms with Crippen LogP contribution in [0.1, 0.15) is 10.4 Å². The van der Waals surface area contributed by atoms with Crippen LogP contribution in [0.15, 0.2) is 28.7 Å². The molecule has 3 heteroatoms. The van der Waals surface area contributed by atoms with Gasteiger partial charge in [-0.05, 0) is 12.1 Å². The van der Waals surface area contributed by atoms with Gasteiger partial charge < -0.3 is 5.32 Å². The van der Waals surface area contributed by atoms with Crippen molar-refractivity contribution in [2.75, 3.05) is 13.1 Å². The number of ketones is 1. The number of benzene rings is 1. The van der Waals surface area contributed by atoms with Gasteiger partial charge in [0, 0.05) is 29.0 Å². The quantitative estimate of drug-likeness (QED) is 0.799. The molecular weight excluding hydrogens is 230 g/mol. The van der Waals surface area contributed by atoms with Gasteiger partial charge in [0.15, 0.2) is 5.78 Å². The van der Waals surface area contributed by atoms with E-state index in [4.69, 9.17) is 0 Å². The van der Waals surface area contributed by atoms with Gasteiger partial charge >= 0.3 is 0 Å². The standard InChI is InChI=1S/C10H10BrNO/c11-9-3-1-2-7(4-9)10(13)8-5-12-6-8/h1-4,8,12H,5-6H2. The van der Waals surface area contributed by atoms with Crippen molar-refractivity contribution in [2.24, 2.45) is 5.92 Å². The van der Waals surface area contributed by atoms with Gasteiger partial charge in [-0.2, -0.15) is 0 Å². The summed E-state index contributed by atoms with van der Waals surface area (Å²) in [6, 6.07) is 7.56. The first kappa shape index (κ1) is 8.91. The summed E-state index contributed by atoms with van der Waals surface area (Å²) in [5.74, 6) is 0.439. The van der Waals surface area contributed by atoms with E-state index in [2.05, 4.69) is 21.2 Å². The molecule has 0 amide bonds. The molecular formula is C10H10BrNO. The van der Waals surface area contributed by atoms with E-state index in [0.717, 1.165) is 23.1 Å². The molecule has 0 spiro atoms. The lowest BCUT2D eigenvalue weighted by Gasteiger charge is -2.25. The summed E-state index contributed by atoms with van der Waals surface area (Å²) in [6.07, 6.45) is 0. The predicted molar refractivity (Wildman–Crippen MR) is 54.8 cm³/mol. The zero-order valence-corrected chi connectivity index (χ0v) is 8.67. The molecule has 0 radical (unpaired) electrons. The van der Waals surface area contributed by atoms with E-state index in [1.807, 2.05) is 24.3 Å². The number of hydrogen-bond donors (Lipinski definition) is 1. The maximum atomic E-state index is 11.7. The Morgan fingerprint density at radius 3 is 2.77 bits per heavy atom. The Kier molecular flexibility index (Phi) is 2.47. The number of Topliss-reactive ketones (excluding diaryl/α,β-unsaturated/α-hetero) is 1. The Labute approximate surface area is 85.5 Å². The minimum Gasteiger partial charge on any atom is -0.315 e. The van der Waals surface area contributed by atoms with Crippen molar-refractivity contribution in [3.8, 4) is 0 Å². The molecule has 1 heterocycles. The normalized spacial score (nSPS) is 16.7. The first-order valence-corrected chi connectivity index (χ1v) is 5.07. The minimum absolute atomic E-state index is 0.189. The lowest BCUT2D eigenvalue weighted by atomic mass is 9.93. The van der Waals surface area contributed by atoms with E-state index < -0.39 is 0 Å². The highest BCUT2D eigenvalue weighted by atomic mass is 79.9. The molecule has 0 aliphatic carbocycles. The van der Waals surface area contributed by atoms with E-state index in [1.165, 1.54) is 0 Å². The first-order chi connectivity index (χ1) is 6.27. The van der Waals surface area contributed by atoms with Gasteiger partial charge in [0.2, 0.25) is 0 Å². The van der Waals surface area contributed by atoms with Crippen molar-refractivity contribution in [1.29, 1.82) is 0 Å². The zero-order chi connectivity index (χ0) is 9.26. The summed E-state index contributed by atoms with van der Waals surface area (Å²) < 4.78 is 0.964. The van der Waals surface area contributed by atoms with Crippen LogP contribution in [0.2, 0.25) is 0 Å². The summed E-state index contributed by atoms with van der Waals surface area (Å²) in [5.41, 5.74) is 0.806. The summed E-state index contributed by atoms with van der Waals surface area (Å²) >= 11 is 3.35. The molecule has 1 aromatic rings. The Hall–Kier alpha value is -0.670. The first-order valence-electron chi connectivity index (χ1n) is 4.28. The van der Waals surface area contributed by atoms with Crippen LogP contribution in [0.5, 0.6) is 0 Å². The van der Waals surface area contributed by atoms with Crippen LogP contribution in [0.25, 0.3) is 0 Å². The van der Waals surface area contributed by atoms with E-state index in [0.29, 0.717) is 0 Å². The summed E-state index contributed by atoms with van der Waals surface area (Å²) in [5, 5.41) is 3.09. The van der Waals surface area contributed by atoms with Gasteiger partial charge in [0.1, 0.15) is 0 Å². The molecule has 0 aromatic heterocycles. The van der Waals surface area contributed by atoms with E-state index in [9.17, 15) is 4.79 Å². The molecule has 1 saturated heterocycles.